The minimum atomic E-state index is -0.623. The minimum Gasteiger partial charge on any atom is -0.454 e. The molecule has 0 saturated heterocycles. The van der Waals surface area contributed by atoms with E-state index in [0.717, 1.165) is 22.7 Å². The van der Waals surface area contributed by atoms with E-state index in [-0.39, 0.29) is 6.79 Å². The lowest BCUT2D eigenvalue weighted by atomic mass is 10.1. The van der Waals surface area contributed by atoms with Crippen LogP contribution in [-0.4, -0.2) is 21.7 Å². The highest BCUT2D eigenvalue weighted by molar-refractivity contribution is 5.45. The lowest BCUT2D eigenvalue weighted by molar-refractivity contribution is 0.149. The summed E-state index contributed by atoms with van der Waals surface area (Å²) in [6.45, 7) is 6.71. The zero-order valence-corrected chi connectivity index (χ0v) is 11.9. The fourth-order valence-electron chi connectivity index (χ4n) is 2.35. The van der Waals surface area contributed by atoms with Gasteiger partial charge in [-0.3, -0.25) is 4.68 Å². The van der Waals surface area contributed by atoms with Gasteiger partial charge >= 0.3 is 0 Å². The van der Waals surface area contributed by atoms with Crippen LogP contribution in [0.5, 0.6) is 11.5 Å². The van der Waals surface area contributed by atoms with Gasteiger partial charge in [-0.1, -0.05) is 6.07 Å². The topological polar surface area (TPSA) is 56.5 Å². The second-order valence-electron chi connectivity index (χ2n) is 5.11. The predicted molar refractivity (Wildman–Crippen MR) is 74.0 cm³/mol. The van der Waals surface area contributed by atoms with Gasteiger partial charge in [0.05, 0.1) is 18.3 Å². The van der Waals surface area contributed by atoms with E-state index >= 15 is 0 Å². The molecule has 3 rings (SSSR count). The summed E-state index contributed by atoms with van der Waals surface area (Å²) in [6.07, 6.45) is -0.623. The van der Waals surface area contributed by atoms with Gasteiger partial charge in [0.15, 0.2) is 11.5 Å². The van der Waals surface area contributed by atoms with Crippen LogP contribution >= 0.6 is 0 Å². The van der Waals surface area contributed by atoms with E-state index in [1.54, 1.807) is 0 Å². The Hall–Kier alpha value is -2.01. The molecule has 0 spiro atoms. The fourth-order valence-corrected chi connectivity index (χ4v) is 2.35. The van der Waals surface area contributed by atoms with Crippen LogP contribution in [0.25, 0.3) is 0 Å². The molecule has 0 bridgehead atoms. The number of aromatic nitrogens is 2. The molecule has 5 nitrogen and oxygen atoms in total. The minimum absolute atomic E-state index is 0.242. The number of hydrogen-bond acceptors (Lipinski definition) is 4. The summed E-state index contributed by atoms with van der Waals surface area (Å²) in [7, 11) is 0. The summed E-state index contributed by atoms with van der Waals surface area (Å²) >= 11 is 0. The average Bonchev–Trinajstić information content (AvgIpc) is 2.99. The van der Waals surface area contributed by atoms with Gasteiger partial charge in [-0.25, -0.2) is 0 Å². The number of fused-ring (bicyclic) bond motifs is 1. The Labute approximate surface area is 117 Å². The molecule has 0 radical (unpaired) electrons. The summed E-state index contributed by atoms with van der Waals surface area (Å²) in [6, 6.07) is 5.51. The first kappa shape index (κ1) is 13.0. The molecule has 0 saturated carbocycles. The van der Waals surface area contributed by atoms with Crippen molar-refractivity contribution in [2.24, 2.45) is 0 Å². The molecule has 1 atom stereocenters. The Balaban J connectivity index is 1.82. The normalized spacial score (nSPS) is 14.6. The highest BCUT2D eigenvalue weighted by Crippen LogP contribution is 2.34. The summed E-state index contributed by atoms with van der Waals surface area (Å²) in [5, 5.41) is 14.8. The second kappa shape index (κ2) is 4.83. The molecular weight excluding hydrogens is 256 g/mol. The summed E-state index contributed by atoms with van der Waals surface area (Å²) < 4.78 is 12.4. The maximum absolute atomic E-state index is 10.4. The lowest BCUT2D eigenvalue weighted by Crippen LogP contribution is -2.11. The molecule has 1 N–H and O–H groups in total. The highest BCUT2D eigenvalue weighted by Gasteiger charge is 2.18. The van der Waals surface area contributed by atoms with Gasteiger partial charge in [-0.15, -0.1) is 0 Å². The van der Waals surface area contributed by atoms with Crippen LogP contribution in [0.4, 0.5) is 0 Å². The van der Waals surface area contributed by atoms with Gasteiger partial charge in [0.1, 0.15) is 0 Å². The molecule has 1 aliphatic heterocycles. The Kier molecular flexibility index (Phi) is 3.14. The summed E-state index contributed by atoms with van der Waals surface area (Å²) in [4.78, 5) is 0. The third kappa shape index (κ3) is 2.14. The summed E-state index contributed by atoms with van der Waals surface area (Å²) in [5.41, 5.74) is 4.06. The van der Waals surface area contributed by atoms with Crippen molar-refractivity contribution < 1.29 is 14.6 Å². The molecule has 1 aromatic carbocycles. The molecule has 5 heteroatoms. The van der Waals surface area contributed by atoms with Crippen molar-refractivity contribution in [3.63, 3.8) is 0 Å². The molecule has 20 heavy (non-hydrogen) atoms. The van der Waals surface area contributed by atoms with Crippen LogP contribution in [0.3, 0.4) is 0 Å². The van der Waals surface area contributed by atoms with E-state index in [9.17, 15) is 5.11 Å². The van der Waals surface area contributed by atoms with Crippen LogP contribution in [0.2, 0.25) is 0 Å². The third-order valence-corrected chi connectivity index (χ3v) is 3.87. The molecule has 0 amide bonds. The van der Waals surface area contributed by atoms with Crippen molar-refractivity contribution in [3.8, 4) is 11.5 Å². The van der Waals surface area contributed by atoms with Crippen molar-refractivity contribution >= 4 is 0 Å². The zero-order chi connectivity index (χ0) is 14.3. The van der Waals surface area contributed by atoms with Crippen LogP contribution in [0.15, 0.2) is 18.2 Å². The largest absolute Gasteiger partial charge is 0.454 e. The Morgan fingerprint density at radius 2 is 2.00 bits per heavy atom. The monoisotopic (exact) mass is 274 g/mol. The number of ether oxygens (including phenoxy) is 2. The van der Waals surface area contributed by atoms with Gasteiger partial charge in [0.25, 0.3) is 0 Å². The number of aliphatic hydroxyl groups excluding tert-OH is 1. The molecule has 2 aromatic rings. The molecule has 106 valence electrons. The van der Waals surface area contributed by atoms with Crippen molar-refractivity contribution in [2.45, 2.75) is 33.4 Å². The maximum atomic E-state index is 10.4. The molecule has 1 aromatic heterocycles. The Bertz CT molecular complexity index is 649. The molecular formula is C15H18N2O3. The number of nitrogens with zero attached hydrogens (tertiary/aromatic N) is 2. The lowest BCUT2D eigenvalue weighted by Gasteiger charge is -2.13. The van der Waals surface area contributed by atoms with Crippen molar-refractivity contribution in [1.29, 1.82) is 0 Å². The van der Waals surface area contributed by atoms with E-state index < -0.39 is 6.10 Å². The van der Waals surface area contributed by atoms with Gasteiger partial charge in [0, 0.05) is 5.69 Å². The maximum Gasteiger partial charge on any atom is 0.231 e. The molecule has 1 aliphatic rings. The second-order valence-corrected chi connectivity index (χ2v) is 5.11. The quantitative estimate of drug-likeness (QED) is 0.933. The number of hydrogen-bond donors (Lipinski definition) is 1. The smallest absolute Gasteiger partial charge is 0.231 e. The first-order chi connectivity index (χ1) is 9.56. The predicted octanol–water partition coefficient (Wildman–Crippen LogP) is 2.27. The van der Waals surface area contributed by atoms with Crippen molar-refractivity contribution in [1.82, 2.24) is 9.78 Å². The van der Waals surface area contributed by atoms with Gasteiger partial charge < -0.3 is 14.6 Å². The average molecular weight is 274 g/mol. The van der Waals surface area contributed by atoms with Gasteiger partial charge in [0.2, 0.25) is 6.79 Å². The van der Waals surface area contributed by atoms with E-state index in [4.69, 9.17) is 9.47 Å². The van der Waals surface area contributed by atoms with E-state index in [2.05, 4.69) is 5.10 Å². The SMILES string of the molecule is Cc1nn(CC(O)c2ccc3c(c2)OCO3)c(C)c1C. The van der Waals surface area contributed by atoms with E-state index in [1.165, 1.54) is 5.56 Å². The zero-order valence-electron chi connectivity index (χ0n) is 11.9. The van der Waals surface area contributed by atoms with Crippen molar-refractivity contribution in [2.75, 3.05) is 6.79 Å². The highest BCUT2D eigenvalue weighted by atomic mass is 16.7. The van der Waals surface area contributed by atoms with Gasteiger partial charge in [-0.2, -0.15) is 5.10 Å². The third-order valence-electron chi connectivity index (χ3n) is 3.87. The first-order valence-electron chi connectivity index (χ1n) is 6.64. The Morgan fingerprint density at radius 3 is 2.70 bits per heavy atom. The molecule has 1 unspecified atom stereocenters. The standard InChI is InChI=1S/C15H18N2O3/c1-9-10(2)16-17(11(9)3)7-13(18)12-4-5-14-15(6-12)20-8-19-14/h4-6,13,18H,7-8H2,1-3H3. The molecule has 2 heterocycles. The van der Waals surface area contributed by atoms with Crippen molar-refractivity contribution in [3.05, 3.63) is 40.7 Å². The van der Waals surface area contributed by atoms with E-state index in [1.807, 2.05) is 43.7 Å². The number of aryl methyl sites for hydroxylation is 1. The van der Waals surface area contributed by atoms with Gasteiger partial charge in [-0.05, 0) is 44.0 Å². The number of aliphatic hydroxyl groups is 1. The Morgan fingerprint density at radius 1 is 1.25 bits per heavy atom. The number of rotatable bonds is 3. The van der Waals surface area contributed by atoms with Crippen LogP contribution in [0.1, 0.15) is 28.6 Å². The van der Waals surface area contributed by atoms with Crippen LogP contribution in [0, 0.1) is 20.8 Å². The van der Waals surface area contributed by atoms with Crippen LogP contribution < -0.4 is 9.47 Å². The number of benzene rings is 1. The first-order valence-corrected chi connectivity index (χ1v) is 6.64. The fraction of sp³-hybridized carbons (Fsp3) is 0.400. The molecule has 0 aliphatic carbocycles. The van der Waals surface area contributed by atoms with E-state index in [0.29, 0.717) is 12.3 Å². The van der Waals surface area contributed by atoms with Crippen LogP contribution in [-0.2, 0) is 6.54 Å². The summed E-state index contributed by atoms with van der Waals surface area (Å²) in [5.74, 6) is 1.41. The molecule has 0 fully saturated rings.